The molecule has 3 aromatic carbocycles. The van der Waals surface area contributed by atoms with E-state index in [-0.39, 0.29) is 0 Å². The van der Waals surface area contributed by atoms with Crippen LogP contribution in [0.4, 0.5) is 0 Å². The zero-order chi connectivity index (χ0) is 22.1. The van der Waals surface area contributed by atoms with Gasteiger partial charge >= 0.3 is 182 Å². The number of rotatable bonds is 3. The van der Waals surface area contributed by atoms with Crippen molar-refractivity contribution in [2.75, 3.05) is 0 Å². The van der Waals surface area contributed by atoms with Crippen molar-refractivity contribution in [2.45, 2.75) is 41.1 Å². The summed E-state index contributed by atoms with van der Waals surface area (Å²) < 4.78 is 4.74. The second-order valence-corrected chi connectivity index (χ2v) is 23.3. The van der Waals surface area contributed by atoms with Crippen LogP contribution in [0.2, 0.25) is 41.1 Å². The molecule has 0 saturated carbocycles. The average molecular weight is 582 g/mol. The molecule has 4 heteroatoms. The van der Waals surface area contributed by atoms with Crippen LogP contribution in [0.3, 0.4) is 0 Å². The standard InChI is InChI=1S/3C8H11Ge.CH3Si/c3*1-9(2)8-6-4-3-5-7-8;1-2/h3*3-7H,1-2H3;1H3. The van der Waals surface area contributed by atoms with E-state index in [2.05, 4.69) is 136 Å². The van der Waals surface area contributed by atoms with Gasteiger partial charge in [0.1, 0.15) is 0 Å². The fourth-order valence-corrected chi connectivity index (χ4v) is 7.72. The average Bonchev–Trinajstić information content (AvgIpc) is 2.78. The van der Waals surface area contributed by atoms with Gasteiger partial charge in [-0.1, -0.05) is 6.55 Å². The molecule has 0 unspecified atom stereocenters. The first-order chi connectivity index (χ1) is 13.9. The van der Waals surface area contributed by atoms with Crippen molar-refractivity contribution in [1.29, 1.82) is 0 Å². The van der Waals surface area contributed by atoms with Gasteiger partial charge in [0.2, 0.25) is 0 Å². The van der Waals surface area contributed by atoms with Crippen LogP contribution >= 0.6 is 0 Å². The minimum absolute atomic E-state index is 0.766. The first-order valence-corrected chi connectivity index (χ1v) is 26.7. The van der Waals surface area contributed by atoms with E-state index in [1.54, 1.807) is 19.7 Å². The first kappa shape index (κ1) is 28.5. The summed E-state index contributed by atoms with van der Waals surface area (Å²) in [6.07, 6.45) is 0. The summed E-state index contributed by atoms with van der Waals surface area (Å²) >= 11 is -2.30. The molecule has 0 aliphatic carbocycles. The molecule has 0 N–H and O–H groups in total. The van der Waals surface area contributed by atoms with Gasteiger partial charge in [0, 0.05) is 10.2 Å². The van der Waals surface area contributed by atoms with Crippen LogP contribution in [0.15, 0.2) is 91.0 Å². The molecule has 0 saturated heterocycles. The summed E-state index contributed by atoms with van der Waals surface area (Å²) in [6, 6.07) is 32.3. The molecule has 3 rings (SSSR count). The Morgan fingerprint density at radius 3 is 0.655 bits per heavy atom. The van der Waals surface area contributed by atoms with Gasteiger partial charge in [-0.3, -0.25) is 0 Å². The van der Waals surface area contributed by atoms with E-state index in [1.807, 2.05) is 0 Å². The predicted molar refractivity (Wildman–Crippen MR) is 142 cm³/mol. The molecular weight excluding hydrogens is 546 g/mol. The van der Waals surface area contributed by atoms with Gasteiger partial charge in [0.05, 0.1) is 0 Å². The molecule has 0 aromatic heterocycles. The second-order valence-electron chi connectivity index (χ2n) is 7.10. The Kier molecular flexibility index (Phi) is 18.0. The summed E-state index contributed by atoms with van der Waals surface area (Å²) in [4.78, 5) is 0. The maximum absolute atomic E-state index is 2.97. The van der Waals surface area contributed by atoms with Crippen LogP contribution in [0.25, 0.3) is 0 Å². The van der Waals surface area contributed by atoms with Crippen LogP contribution in [0, 0.1) is 0 Å². The Morgan fingerprint density at radius 1 is 0.379 bits per heavy atom. The molecule has 3 aromatic rings. The van der Waals surface area contributed by atoms with Crippen molar-refractivity contribution in [3.8, 4) is 0 Å². The first-order valence-electron chi connectivity index (χ1n) is 9.98. The molecular formula is C25H36Ge3Si. The van der Waals surface area contributed by atoms with Crippen molar-refractivity contribution in [2.24, 2.45) is 0 Å². The number of hydrogen-bond donors (Lipinski definition) is 0. The molecule has 0 aliphatic rings. The summed E-state index contributed by atoms with van der Waals surface area (Å²) in [5.74, 6) is 14.2. The second kappa shape index (κ2) is 18.3. The van der Waals surface area contributed by atoms with Crippen molar-refractivity contribution < 1.29 is 0 Å². The van der Waals surface area contributed by atoms with E-state index < -0.39 is 43.0 Å². The van der Waals surface area contributed by atoms with Gasteiger partial charge in [-0.15, -0.1) is 0 Å². The van der Waals surface area contributed by atoms with Crippen LogP contribution in [-0.2, 0) is 0 Å². The molecule has 0 aliphatic heterocycles. The Labute approximate surface area is 197 Å². The van der Waals surface area contributed by atoms with Crippen molar-refractivity contribution in [3.63, 3.8) is 0 Å². The molecule has 0 nitrogen and oxygen atoms in total. The zero-order valence-electron chi connectivity index (χ0n) is 19.2. The molecule has 0 heterocycles. The Bertz CT molecular complexity index is 611. The molecule has 6 radical (unpaired) electrons. The quantitative estimate of drug-likeness (QED) is 0.375. The summed E-state index contributed by atoms with van der Waals surface area (Å²) in [5.41, 5.74) is 0. The SMILES string of the molecule is C[Si].[CH3][Ge]([CH3])[c]1ccccc1.[CH3][Ge]([CH3])[c]1ccccc1.[CH3][Ge]([CH3])[c]1ccccc1. The minimum atomic E-state index is -0.766. The molecule has 0 fully saturated rings. The normalized spacial score (nSPS) is 9.62. The maximum atomic E-state index is 2.97. The van der Waals surface area contributed by atoms with Crippen LogP contribution in [-0.4, -0.2) is 53.3 Å². The Morgan fingerprint density at radius 2 is 0.552 bits per heavy atom. The van der Waals surface area contributed by atoms with Gasteiger partial charge in [-0.25, -0.2) is 0 Å². The van der Waals surface area contributed by atoms with E-state index in [9.17, 15) is 0 Å². The van der Waals surface area contributed by atoms with E-state index in [0.717, 1.165) is 0 Å². The molecule has 0 atom stereocenters. The van der Waals surface area contributed by atoms with Crippen molar-refractivity contribution in [3.05, 3.63) is 91.0 Å². The van der Waals surface area contributed by atoms with E-state index in [4.69, 9.17) is 0 Å². The summed E-state index contributed by atoms with van der Waals surface area (Å²) in [7, 11) is 2.97. The van der Waals surface area contributed by atoms with Gasteiger partial charge in [-0.05, 0) is 0 Å². The summed E-state index contributed by atoms with van der Waals surface area (Å²) in [5, 5.41) is 0. The third-order valence-corrected chi connectivity index (χ3v) is 13.4. The molecule has 0 spiro atoms. The van der Waals surface area contributed by atoms with E-state index in [1.165, 1.54) is 0 Å². The molecule has 0 bridgehead atoms. The Balaban J connectivity index is 0.000000388. The number of hydrogen-bond acceptors (Lipinski definition) is 0. The van der Waals surface area contributed by atoms with Crippen molar-refractivity contribution in [1.82, 2.24) is 0 Å². The van der Waals surface area contributed by atoms with Gasteiger partial charge in [0.15, 0.2) is 0 Å². The van der Waals surface area contributed by atoms with Crippen LogP contribution in [0.1, 0.15) is 0 Å². The number of benzene rings is 3. The van der Waals surface area contributed by atoms with E-state index >= 15 is 0 Å². The molecule has 29 heavy (non-hydrogen) atoms. The van der Waals surface area contributed by atoms with Crippen LogP contribution in [0.5, 0.6) is 0 Å². The monoisotopic (exact) mass is 586 g/mol. The third-order valence-electron chi connectivity index (χ3n) is 4.05. The fourth-order valence-electron chi connectivity index (χ4n) is 2.31. The zero-order valence-corrected chi connectivity index (χ0v) is 26.5. The fraction of sp³-hybridized carbons (Fsp3) is 0.280. The van der Waals surface area contributed by atoms with Gasteiger partial charge in [0.25, 0.3) is 0 Å². The van der Waals surface area contributed by atoms with Crippen molar-refractivity contribution >= 4 is 66.5 Å². The van der Waals surface area contributed by atoms with Crippen LogP contribution < -0.4 is 13.2 Å². The Hall–Kier alpha value is -0.495. The third kappa shape index (κ3) is 14.2. The van der Waals surface area contributed by atoms with Gasteiger partial charge < -0.3 is 0 Å². The molecule has 152 valence electrons. The predicted octanol–water partition coefficient (Wildman–Crippen LogP) is 5.15. The van der Waals surface area contributed by atoms with E-state index in [0.29, 0.717) is 0 Å². The topological polar surface area (TPSA) is 0 Å². The summed E-state index contributed by atoms with van der Waals surface area (Å²) in [6.45, 7) is 1.81. The van der Waals surface area contributed by atoms with Gasteiger partial charge in [-0.2, -0.15) is 0 Å². The molecule has 0 amide bonds.